The van der Waals surface area contributed by atoms with Crippen LogP contribution in [-0.4, -0.2) is 42.0 Å². The summed E-state index contributed by atoms with van der Waals surface area (Å²) >= 11 is 0. The number of ketones is 1. The molecule has 2 aromatic carbocycles. The van der Waals surface area contributed by atoms with Crippen LogP contribution >= 0.6 is 0 Å². The number of benzene rings is 2. The van der Waals surface area contributed by atoms with Crippen LogP contribution in [0.4, 0.5) is 10.5 Å². The van der Waals surface area contributed by atoms with Crippen LogP contribution in [-0.2, 0) is 0 Å². The molecule has 142 valence electrons. The van der Waals surface area contributed by atoms with Crippen molar-refractivity contribution in [3.8, 4) is 11.5 Å². The molecule has 1 saturated heterocycles. The Hall–Kier alpha value is -3.02. The monoisotopic (exact) mass is 368 g/mol. The van der Waals surface area contributed by atoms with Gasteiger partial charge in [-0.05, 0) is 61.7 Å². The van der Waals surface area contributed by atoms with Crippen molar-refractivity contribution in [3.63, 3.8) is 0 Å². The lowest BCUT2D eigenvalue weighted by Gasteiger charge is -2.31. The predicted octanol–water partition coefficient (Wildman–Crippen LogP) is 3.84. The van der Waals surface area contributed by atoms with Gasteiger partial charge in [0.25, 0.3) is 0 Å². The number of amides is 2. The van der Waals surface area contributed by atoms with Gasteiger partial charge in [-0.2, -0.15) is 0 Å². The normalized spacial score (nSPS) is 14.7. The third-order valence-electron chi connectivity index (χ3n) is 4.90. The van der Waals surface area contributed by atoms with E-state index in [-0.39, 0.29) is 23.5 Å². The predicted molar refractivity (Wildman–Crippen MR) is 103 cm³/mol. The molecular formula is C21H24N2O4. The molecule has 2 aromatic rings. The van der Waals surface area contributed by atoms with Crippen LogP contribution in [0.1, 0.15) is 28.8 Å². The number of rotatable bonds is 4. The van der Waals surface area contributed by atoms with Gasteiger partial charge in [-0.15, -0.1) is 0 Å². The van der Waals surface area contributed by atoms with Crippen molar-refractivity contribution in [2.24, 2.45) is 5.92 Å². The molecule has 1 heterocycles. The van der Waals surface area contributed by atoms with E-state index < -0.39 is 0 Å². The third kappa shape index (κ3) is 4.39. The number of hydrogen-bond acceptors (Lipinski definition) is 4. The molecule has 1 aliphatic rings. The van der Waals surface area contributed by atoms with E-state index in [2.05, 4.69) is 5.32 Å². The highest BCUT2D eigenvalue weighted by Crippen LogP contribution is 2.27. The number of aromatic hydroxyl groups is 1. The van der Waals surface area contributed by atoms with Gasteiger partial charge in [0.2, 0.25) is 0 Å². The van der Waals surface area contributed by atoms with Crippen LogP contribution in [0, 0.1) is 12.8 Å². The molecule has 2 N–H and O–H groups in total. The number of methoxy groups -OCH3 is 1. The number of carbonyl (C=O) groups is 2. The second kappa shape index (κ2) is 8.12. The molecule has 0 unspecified atom stereocenters. The summed E-state index contributed by atoms with van der Waals surface area (Å²) in [5.74, 6) is 0.721. The zero-order chi connectivity index (χ0) is 19.4. The van der Waals surface area contributed by atoms with Gasteiger partial charge < -0.3 is 20.1 Å². The zero-order valence-corrected chi connectivity index (χ0v) is 15.6. The molecule has 0 aromatic heterocycles. The Bertz CT molecular complexity index is 825. The van der Waals surface area contributed by atoms with Gasteiger partial charge in [-0.1, -0.05) is 6.07 Å². The summed E-state index contributed by atoms with van der Waals surface area (Å²) in [6, 6.07) is 11.8. The Morgan fingerprint density at radius 2 is 1.78 bits per heavy atom. The molecule has 1 fully saturated rings. The molecule has 2 amide bonds. The van der Waals surface area contributed by atoms with E-state index in [1.807, 2.05) is 25.1 Å². The number of aryl methyl sites for hydroxylation is 1. The first-order valence-corrected chi connectivity index (χ1v) is 9.01. The molecule has 27 heavy (non-hydrogen) atoms. The van der Waals surface area contributed by atoms with E-state index in [1.165, 1.54) is 12.1 Å². The lowest BCUT2D eigenvalue weighted by atomic mass is 9.89. The highest BCUT2D eigenvalue weighted by atomic mass is 16.5. The van der Waals surface area contributed by atoms with Crippen molar-refractivity contribution in [3.05, 3.63) is 53.6 Å². The SMILES string of the molecule is COc1ccc(C)cc1NC(=O)N1CCC(C(=O)c2ccc(O)cc2)CC1. The Morgan fingerprint density at radius 3 is 2.41 bits per heavy atom. The summed E-state index contributed by atoms with van der Waals surface area (Å²) in [5.41, 5.74) is 2.27. The number of urea groups is 1. The molecule has 0 atom stereocenters. The van der Waals surface area contributed by atoms with E-state index in [9.17, 15) is 14.7 Å². The highest BCUT2D eigenvalue weighted by molar-refractivity contribution is 5.98. The van der Waals surface area contributed by atoms with Crippen LogP contribution in [0.25, 0.3) is 0 Å². The summed E-state index contributed by atoms with van der Waals surface area (Å²) in [6.07, 6.45) is 1.25. The topological polar surface area (TPSA) is 78.9 Å². The fourth-order valence-corrected chi connectivity index (χ4v) is 3.32. The van der Waals surface area contributed by atoms with Crippen LogP contribution in [0.3, 0.4) is 0 Å². The van der Waals surface area contributed by atoms with E-state index in [1.54, 1.807) is 24.1 Å². The van der Waals surface area contributed by atoms with E-state index in [0.717, 1.165) is 5.56 Å². The Morgan fingerprint density at radius 1 is 1.11 bits per heavy atom. The van der Waals surface area contributed by atoms with Crippen LogP contribution in [0.2, 0.25) is 0 Å². The average molecular weight is 368 g/mol. The number of nitrogens with zero attached hydrogens (tertiary/aromatic N) is 1. The minimum atomic E-state index is -0.186. The first-order chi connectivity index (χ1) is 13.0. The minimum Gasteiger partial charge on any atom is -0.508 e. The third-order valence-corrected chi connectivity index (χ3v) is 4.90. The number of hydrogen-bond donors (Lipinski definition) is 2. The second-order valence-electron chi connectivity index (χ2n) is 6.81. The second-order valence-corrected chi connectivity index (χ2v) is 6.81. The van der Waals surface area contributed by atoms with Gasteiger partial charge in [0.1, 0.15) is 11.5 Å². The first-order valence-electron chi connectivity index (χ1n) is 9.01. The summed E-state index contributed by atoms with van der Waals surface area (Å²) < 4.78 is 5.30. The summed E-state index contributed by atoms with van der Waals surface area (Å²) in [5, 5.41) is 12.3. The zero-order valence-electron chi connectivity index (χ0n) is 15.6. The minimum absolute atomic E-state index is 0.0652. The Labute approximate surface area is 158 Å². The Kier molecular flexibility index (Phi) is 5.64. The summed E-state index contributed by atoms with van der Waals surface area (Å²) in [4.78, 5) is 26.9. The van der Waals surface area contributed by atoms with E-state index >= 15 is 0 Å². The molecule has 0 saturated carbocycles. The molecule has 0 radical (unpaired) electrons. The largest absolute Gasteiger partial charge is 0.508 e. The molecule has 1 aliphatic heterocycles. The number of likely N-dealkylation sites (tertiary alicyclic amines) is 1. The van der Waals surface area contributed by atoms with Gasteiger partial charge in [-0.25, -0.2) is 4.79 Å². The molecular weight excluding hydrogens is 344 g/mol. The quantitative estimate of drug-likeness (QED) is 0.804. The maximum atomic E-state index is 12.6. The number of phenolic OH excluding ortho intramolecular Hbond substituents is 1. The number of ether oxygens (including phenoxy) is 1. The van der Waals surface area contributed by atoms with Gasteiger partial charge >= 0.3 is 6.03 Å². The van der Waals surface area contributed by atoms with E-state index in [0.29, 0.717) is 42.9 Å². The molecule has 0 aliphatic carbocycles. The molecule has 6 heteroatoms. The van der Waals surface area contributed by atoms with Crippen molar-refractivity contribution in [2.75, 3.05) is 25.5 Å². The average Bonchev–Trinajstić information content (AvgIpc) is 2.68. The molecule has 3 rings (SSSR count). The molecule has 6 nitrogen and oxygen atoms in total. The lowest BCUT2D eigenvalue weighted by Crippen LogP contribution is -2.42. The van der Waals surface area contributed by atoms with Crippen molar-refractivity contribution in [1.82, 2.24) is 4.90 Å². The number of carbonyl (C=O) groups excluding carboxylic acids is 2. The number of phenols is 1. The lowest BCUT2D eigenvalue weighted by molar-refractivity contribution is 0.0859. The van der Waals surface area contributed by atoms with Gasteiger partial charge in [-0.3, -0.25) is 4.79 Å². The Balaban J connectivity index is 1.59. The van der Waals surface area contributed by atoms with Crippen molar-refractivity contribution >= 4 is 17.5 Å². The summed E-state index contributed by atoms with van der Waals surface area (Å²) in [6.45, 7) is 3.00. The standard InChI is InChI=1S/C21H24N2O4/c1-14-3-8-19(27-2)18(13-14)22-21(26)23-11-9-16(10-12-23)20(25)15-4-6-17(24)7-5-15/h3-8,13,16,24H,9-12H2,1-2H3,(H,22,26). The maximum Gasteiger partial charge on any atom is 0.321 e. The van der Waals surface area contributed by atoms with Crippen LogP contribution < -0.4 is 10.1 Å². The fourth-order valence-electron chi connectivity index (χ4n) is 3.32. The fraction of sp³-hybridized carbons (Fsp3) is 0.333. The number of piperidine rings is 1. The van der Waals surface area contributed by atoms with Crippen molar-refractivity contribution in [2.45, 2.75) is 19.8 Å². The maximum absolute atomic E-state index is 12.6. The molecule has 0 spiro atoms. The number of nitrogens with one attached hydrogen (secondary N) is 1. The summed E-state index contributed by atoms with van der Waals surface area (Å²) in [7, 11) is 1.57. The van der Waals surface area contributed by atoms with Crippen LogP contribution in [0.15, 0.2) is 42.5 Å². The first kappa shape index (κ1) is 18.8. The van der Waals surface area contributed by atoms with Crippen LogP contribution in [0.5, 0.6) is 11.5 Å². The van der Waals surface area contributed by atoms with Gasteiger partial charge in [0.05, 0.1) is 12.8 Å². The molecule has 0 bridgehead atoms. The highest BCUT2D eigenvalue weighted by Gasteiger charge is 2.28. The number of Topliss-reactive ketones (excluding diaryl/α,β-unsaturated/α-hetero) is 1. The van der Waals surface area contributed by atoms with E-state index in [4.69, 9.17) is 4.74 Å². The van der Waals surface area contributed by atoms with Gasteiger partial charge in [0, 0.05) is 24.6 Å². The van der Waals surface area contributed by atoms with Crippen molar-refractivity contribution in [1.29, 1.82) is 0 Å². The number of anilines is 1. The smallest absolute Gasteiger partial charge is 0.321 e. The van der Waals surface area contributed by atoms with Crippen molar-refractivity contribution < 1.29 is 19.4 Å². The van der Waals surface area contributed by atoms with Gasteiger partial charge in [0.15, 0.2) is 5.78 Å².